The molecule has 0 radical (unpaired) electrons. The third-order valence-electron chi connectivity index (χ3n) is 3.56. The number of aryl methyl sites for hydroxylation is 1. The van der Waals surface area contributed by atoms with Gasteiger partial charge in [0.15, 0.2) is 0 Å². The first-order valence-electron chi connectivity index (χ1n) is 7.30. The van der Waals surface area contributed by atoms with Crippen LogP contribution < -0.4 is 4.72 Å². The van der Waals surface area contributed by atoms with Crippen LogP contribution in [0.3, 0.4) is 0 Å². The zero-order valence-corrected chi connectivity index (χ0v) is 13.5. The summed E-state index contributed by atoms with van der Waals surface area (Å²) in [4.78, 5) is 0.250. The lowest BCUT2D eigenvalue weighted by molar-refractivity contribution is 0.601. The Morgan fingerprint density at radius 1 is 0.783 bits per heavy atom. The molecule has 4 heteroatoms. The largest absolute Gasteiger partial charge is 0.279 e. The van der Waals surface area contributed by atoms with Gasteiger partial charge in [0.2, 0.25) is 0 Å². The van der Waals surface area contributed by atoms with Crippen LogP contribution in [-0.4, -0.2) is 8.42 Å². The summed E-state index contributed by atoms with van der Waals surface area (Å²) in [7, 11) is -3.61. The van der Waals surface area contributed by atoms with Crippen LogP contribution in [0.15, 0.2) is 83.8 Å². The van der Waals surface area contributed by atoms with E-state index in [1.807, 2.05) is 49.4 Å². The maximum absolute atomic E-state index is 12.6. The average molecular weight is 323 g/mol. The van der Waals surface area contributed by atoms with Crippen LogP contribution in [0.5, 0.6) is 0 Å². The van der Waals surface area contributed by atoms with Crippen LogP contribution in [0.25, 0.3) is 11.1 Å². The van der Waals surface area contributed by atoms with Gasteiger partial charge in [-0.15, -0.1) is 0 Å². The van der Waals surface area contributed by atoms with Gasteiger partial charge in [-0.1, -0.05) is 60.2 Å². The Morgan fingerprint density at radius 3 is 2.04 bits per heavy atom. The fraction of sp³-hybridized carbons (Fsp3) is 0.0526. The minimum absolute atomic E-state index is 0.250. The van der Waals surface area contributed by atoms with E-state index in [9.17, 15) is 8.42 Å². The van der Waals surface area contributed by atoms with Crippen LogP contribution in [0.4, 0.5) is 5.69 Å². The van der Waals surface area contributed by atoms with E-state index in [1.54, 1.807) is 36.4 Å². The number of anilines is 1. The molecule has 0 unspecified atom stereocenters. The van der Waals surface area contributed by atoms with Gasteiger partial charge >= 0.3 is 0 Å². The quantitative estimate of drug-likeness (QED) is 0.770. The predicted molar refractivity (Wildman–Crippen MR) is 93.9 cm³/mol. The molecule has 0 atom stereocenters. The van der Waals surface area contributed by atoms with Crippen LogP contribution in [0.2, 0.25) is 0 Å². The van der Waals surface area contributed by atoms with Crippen molar-refractivity contribution in [2.24, 2.45) is 0 Å². The van der Waals surface area contributed by atoms with Gasteiger partial charge in [-0.2, -0.15) is 0 Å². The molecule has 3 rings (SSSR count). The zero-order chi connectivity index (χ0) is 16.3. The van der Waals surface area contributed by atoms with E-state index >= 15 is 0 Å². The second-order valence-electron chi connectivity index (χ2n) is 5.33. The molecule has 3 aromatic rings. The second-order valence-corrected chi connectivity index (χ2v) is 7.02. The van der Waals surface area contributed by atoms with Crippen LogP contribution in [-0.2, 0) is 10.0 Å². The van der Waals surface area contributed by atoms with E-state index in [0.717, 1.165) is 16.7 Å². The van der Waals surface area contributed by atoms with E-state index in [1.165, 1.54) is 0 Å². The smallest absolute Gasteiger partial charge is 0.261 e. The molecule has 0 aliphatic heterocycles. The Morgan fingerprint density at radius 2 is 1.39 bits per heavy atom. The van der Waals surface area contributed by atoms with Gasteiger partial charge in [0.05, 0.1) is 10.6 Å². The normalized spacial score (nSPS) is 11.2. The first-order valence-corrected chi connectivity index (χ1v) is 8.78. The molecule has 0 saturated carbocycles. The standard InChI is InChI=1S/C19H17NO2S/c1-15-12-13-19(18(14-15)16-8-4-2-5-9-16)20-23(21,22)17-10-6-3-7-11-17/h2-14,20H,1H3. The van der Waals surface area contributed by atoms with E-state index in [-0.39, 0.29) is 4.90 Å². The van der Waals surface area contributed by atoms with Crippen LogP contribution in [0, 0.1) is 6.92 Å². The number of sulfonamides is 1. The Hall–Kier alpha value is -2.59. The Kier molecular flexibility index (Phi) is 4.17. The molecule has 0 saturated heterocycles. The summed E-state index contributed by atoms with van der Waals surface area (Å²) in [6.07, 6.45) is 0. The number of nitrogens with one attached hydrogen (secondary N) is 1. The molecule has 23 heavy (non-hydrogen) atoms. The van der Waals surface area contributed by atoms with Crippen molar-refractivity contribution in [3.05, 3.63) is 84.4 Å². The van der Waals surface area contributed by atoms with Crippen molar-refractivity contribution >= 4 is 15.7 Å². The molecule has 0 aromatic heterocycles. The topological polar surface area (TPSA) is 46.2 Å². The maximum Gasteiger partial charge on any atom is 0.261 e. The van der Waals surface area contributed by atoms with Crippen molar-refractivity contribution in [3.8, 4) is 11.1 Å². The molecule has 1 N–H and O–H groups in total. The van der Waals surface area contributed by atoms with Crippen LogP contribution >= 0.6 is 0 Å². The molecule has 0 aliphatic carbocycles. The highest BCUT2D eigenvalue weighted by Crippen LogP contribution is 2.30. The van der Waals surface area contributed by atoms with Crippen molar-refractivity contribution in [1.82, 2.24) is 0 Å². The van der Waals surface area contributed by atoms with Crippen molar-refractivity contribution in [1.29, 1.82) is 0 Å². The highest BCUT2D eigenvalue weighted by atomic mass is 32.2. The van der Waals surface area contributed by atoms with Crippen molar-refractivity contribution < 1.29 is 8.42 Å². The molecule has 0 amide bonds. The average Bonchev–Trinajstić information content (AvgIpc) is 2.58. The molecule has 0 bridgehead atoms. The zero-order valence-electron chi connectivity index (χ0n) is 12.7. The summed E-state index contributed by atoms with van der Waals surface area (Å²) in [6.45, 7) is 1.99. The molecule has 3 nitrogen and oxygen atoms in total. The maximum atomic E-state index is 12.6. The number of hydrogen-bond donors (Lipinski definition) is 1. The Balaban J connectivity index is 2.05. The summed E-state index contributed by atoms with van der Waals surface area (Å²) in [5, 5.41) is 0. The first kappa shape index (κ1) is 15.3. The number of benzene rings is 3. The fourth-order valence-electron chi connectivity index (χ4n) is 2.41. The molecule has 0 spiro atoms. The Bertz CT molecular complexity index is 905. The molecule has 0 heterocycles. The van der Waals surface area contributed by atoms with Gasteiger partial charge in [-0.3, -0.25) is 4.72 Å². The van der Waals surface area contributed by atoms with Gasteiger partial charge in [0.1, 0.15) is 0 Å². The molecular weight excluding hydrogens is 306 g/mol. The number of rotatable bonds is 4. The first-order chi connectivity index (χ1) is 11.1. The van der Waals surface area contributed by atoms with E-state index in [0.29, 0.717) is 5.69 Å². The molecule has 116 valence electrons. The minimum Gasteiger partial charge on any atom is -0.279 e. The lowest BCUT2D eigenvalue weighted by Gasteiger charge is -2.14. The van der Waals surface area contributed by atoms with Gasteiger partial charge in [0.25, 0.3) is 10.0 Å². The van der Waals surface area contributed by atoms with E-state index < -0.39 is 10.0 Å². The number of hydrogen-bond acceptors (Lipinski definition) is 2. The summed E-state index contributed by atoms with van der Waals surface area (Å²) in [6, 6.07) is 23.8. The molecular formula is C19H17NO2S. The van der Waals surface area contributed by atoms with E-state index in [2.05, 4.69) is 4.72 Å². The molecule has 3 aromatic carbocycles. The SMILES string of the molecule is Cc1ccc(NS(=O)(=O)c2ccccc2)c(-c2ccccc2)c1. The highest BCUT2D eigenvalue weighted by molar-refractivity contribution is 7.92. The third kappa shape index (κ3) is 3.43. The summed E-state index contributed by atoms with van der Waals surface area (Å²) >= 11 is 0. The lowest BCUT2D eigenvalue weighted by atomic mass is 10.0. The summed E-state index contributed by atoms with van der Waals surface area (Å²) < 4.78 is 27.8. The van der Waals surface area contributed by atoms with Crippen molar-refractivity contribution in [2.45, 2.75) is 11.8 Å². The minimum atomic E-state index is -3.61. The second kappa shape index (κ2) is 6.26. The molecule has 0 aliphatic rings. The van der Waals surface area contributed by atoms with E-state index in [4.69, 9.17) is 0 Å². The van der Waals surface area contributed by atoms with Gasteiger partial charge in [0, 0.05) is 5.56 Å². The summed E-state index contributed by atoms with van der Waals surface area (Å²) in [5.74, 6) is 0. The van der Waals surface area contributed by atoms with Crippen molar-refractivity contribution in [3.63, 3.8) is 0 Å². The van der Waals surface area contributed by atoms with Gasteiger partial charge in [-0.25, -0.2) is 8.42 Å². The van der Waals surface area contributed by atoms with Crippen molar-refractivity contribution in [2.75, 3.05) is 4.72 Å². The third-order valence-corrected chi connectivity index (χ3v) is 4.94. The van der Waals surface area contributed by atoms with Gasteiger partial charge in [-0.05, 0) is 36.8 Å². The highest BCUT2D eigenvalue weighted by Gasteiger charge is 2.16. The predicted octanol–water partition coefficient (Wildman–Crippen LogP) is 4.46. The summed E-state index contributed by atoms with van der Waals surface area (Å²) in [5.41, 5.74) is 3.49. The fourth-order valence-corrected chi connectivity index (χ4v) is 3.51. The van der Waals surface area contributed by atoms with Crippen LogP contribution in [0.1, 0.15) is 5.56 Å². The van der Waals surface area contributed by atoms with Gasteiger partial charge < -0.3 is 0 Å². The molecule has 0 fully saturated rings. The monoisotopic (exact) mass is 323 g/mol. The lowest BCUT2D eigenvalue weighted by Crippen LogP contribution is -2.13. The Labute approximate surface area is 136 Å².